The van der Waals surface area contributed by atoms with Gasteiger partial charge in [-0.1, -0.05) is 27.2 Å². The van der Waals surface area contributed by atoms with Gasteiger partial charge in [0.15, 0.2) is 0 Å². The summed E-state index contributed by atoms with van der Waals surface area (Å²) in [5, 5.41) is 3.49. The fourth-order valence-electron chi connectivity index (χ4n) is 1.70. The van der Waals surface area contributed by atoms with Crippen LogP contribution in [0.2, 0.25) is 0 Å². The average Bonchev–Trinajstić information content (AvgIpc) is 2.25. The van der Waals surface area contributed by atoms with Crippen molar-refractivity contribution in [3.05, 3.63) is 0 Å². The van der Waals surface area contributed by atoms with Crippen LogP contribution in [0.4, 0.5) is 0 Å². The Balaban J connectivity index is 3.63. The molecule has 0 rings (SSSR count). The summed E-state index contributed by atoms with van der Waals surface area (Å²) in [5.41, 5.74) is 0. The van der Waals surface area contributed by atoms with Crippen LogP contribution < -0.4 is 10.0 Å². The molecule has 2 unspecified atom stereocenters. The second-order valence-electron chi connectivity index (χ2n) is 4.83. The van der Waals surface area contributed by atoms with Crippen molar-refractivity contribution in [1.82, 2.24) is 10.0 Å². The van der Waals surface area contributed by atoms with Crippen LogP contribution in [-0.2, 0) is 10.0 Å². The standard InChI is InChI=1S/C12H28N2O2S/c1-5-11(3)10-12(6-2)13-8-7-9-14-17(4,15)16/h11-14H,5-10H2,1-4H3. The largest absolute Gasteiger partial charge is 0.314 e. The Morgan fingerprint density at radius 2 is 1.76 bits per heavy atom. The molecule has 0 radical (unpaired) electrons. The molecule has 4 nitrogen and oxygen atoms in total. The molecule has 5 heteroatoms. The second-order valence-corrected chi connectivity index (χ2v) is 6.66. The van der Waals surface area contributed by atoms with Gasteiger partial charge in [0.2, 0.25) is 10.0 Å². The lowest BCUT2D eigenvalue weighted by Crippen LogP contribution is -2.33. The summed E-state index contributed by atoms with van der Waals surface area (Å²) in [6.45, 7) is 8.07. The van der Waals surface area contributed by atoms with Crippen LogP contribution in [0.1, 0.15) is 46.5 Å². The lowest BCUT2D eigenvalue weighted by atomic mass is 9.98. The molecule has 0 aromatic heterocycles. The quantitative estimate of drug-likeness (QED) is 0.591. The lowest BCUT2D eigenvalue weighted by molar-refractivity contribution is 0.384. The molecule has 17 heavy (non-hydrogen) atoms. The van der Waals surface area contributed by atoms with Crippen LogP contribution in [-0.4, -0.2) is 33.8 Å². The van der Waals surface area contributed by atoms with Crippen LogP contribution in [0.5, 0.6) is 0 Å². The lowest BCUT2D eigenvalue weighted by Gasteiger charge is -2.20. The zero-order valence-corrected chi connectivity index (χ0v) is 12.4. The fourth-order valence-corrected chi connectivity index (χ4v) is 2.21. The van der Waals surface area contributed by atoms with Gasteiger partial charge >= 0.3 is 0 Å². The third-order valence-electron chi connectivity index (χ3n) is 3.03. The van der Waals surface area contributed by atoms with Gasteiger partial charge in [-0.25, -0.2) is 13.1 Å². The van der Waals surface area contributed by atoms with Gasteiger partial charge in [-0.05, 0) is 31.7 Å². The van der Waals surface area contributed by atoms with Gasteiger partial charge in [-0.15, -0.1) is 0 Å². The predicted octanol–water partition coefficient (Wildman–Crippen LogP) is 1.73. The van der Waals surface area contributed by atoms with Crippen molar-refractivity contribution in [2.75, 3.05) is 19.3 Å². The SMILES string of the molecule is CCC(C)CC(CC)NCCCNS(C)(=O)=O. The Bertz CT molecular complexity index is 278. The van der Waals surface area contributed by atoms with E-state index in [1.54, 1.807) is 0 Å². The molecular formula is C12H28N2O2S. The van der Waals surface area contributed by atoms with E-state index in [1.165, 1.54) is 19.1 Å². The maximum absolute atomic E-state index is 10.8. The van der Waals surface area contributed by atoms with E-state index in [0.29, 0.717) is 12.6 Å². The highest BCUT2D eigenvalue weighted by Gasteiger charge is 2.09. The van der Waals surface area contributed by atoms with E-state index < -0.39 is 10.0 Å². The molecule has 0 aliphatic heterocycles. The molecule has 0 amide bonds. The minimum atomic E-state index is -3.03. The van der Waals surface area contributed by atoms with E-state index in [0.717, 1.165) is 25.3 Å². The first-order valence-electron chi connectivity index (χ1n) is 6.57. The molecule has 0 aliphatic carbocycles. The van der Waals surface area contributed by atoms with Crippen LogP contribution >= 0.6 is 0 Å². The van der Waals surface area contributed by atoms with Crippen molar-refractivity contribution >= 4 is 10.0 Å². The predicted molar refractivity (Wildman–Crippen MR) is 73.6 cm³/mol. The van der Waals surface area contributed by atoms with E-state index >= 15 is 0 Å². The molecule has 0 aromatic carbocycles. The first kappa shape index (κ1) is 16.9. The third kappa shape index (κ3) is 10.7. The van der Waals surface area contributed by atoms with Gasteiger partial charge < -0.3 is 5.32 Å². The first-order chi connectivity index (χ1) is 7.89. The Labute approximate surface area is 107 Å². The molecule has 2 N–H and O–H groups in total. The summed E-state index contributed by atoms with van der Waals surface area (Å²) in [6, 6.07) is 0.559. The highest BCUT2D eigenvalue weighted by atomic mass is 32.2. The molecule has 0 fully saturated rings. The van der Waals surface area contributed by atoms with E-state index in [2.05, 4.69) is 30.8 Å². The molecule has 0 saturated heterocycles. The van der Waals surface area contributed by atoms with Crippen LogP contribution in [0.25, 0.3) is 0 Å². The van der Waals surface area contributed by atoms with Gasteiger partial charge in [0.25, 0.3) is 0 Å². The van der Waals surface area contributed by atoms with E-state index in [-0.39, 0.29) is 0 Å². The second kappa shape index (κ2) is 8.89. The summed E-state index contributed by atoms with van der Waals surface area (Å²) in [7, 11) is -3.03. The number of sulfonamides is 1. The minimum absolute atomic E-state index is 0.519. The summed E-state index contributed by atoms with van der Waals surface area (Å²) < 4.78 is 24.2. The van der Waals surface area contributed by atoms with Crippen molar-refractivity contribution in [1.29, 1.82) is 0 Å². The molecule has 0 saturated carbocycles. The van der Waals surface area contributed by atoms with E-state index in [4.69, 9.17) is 0 Å². The van der Waals surface area contributed by atoms with Crippen molar-refractivity contribution < 1.29 is 8.42 Å². The first-order valence-corrected chi connectivity index (χ1v) is 8.46. The molecule has 0 aromatic rings. The Hall–Kier alpha value is -0.130. The molecule has 0 bridgehead atoms. The number of nitrogens with one attached hydrogen (secondary N) is 2. The summed E-state index contributed by atoms with van der Waals surface area (Å²) in [5.74, 6) is 0.751. The van der Waals surface area contributed by atoms with Crippen LogP contribution in [0.15, 0.2) is 0 Å². The fraction of sp³-hybridized carbons (Fsp3) is 1.00. The maximum Gasteiger partial charge on any atom is 0.208 e. The molecule has 0 heterocycles. The molecular weight excluding hydrogens is 236 g/mol. The molecule has 0 spiro atoms. The summed E-state index contributed by atoms with van der Waals surface area (Å²) >= 11 is 0. The van der Waals surface area contributed by atoms with Crippen LogP contribution in [0.3, 0.4) is 0 Å². The van der Waals surface area contributed by atoms with Crippen molar-refractivity contribution in [3.63, 3.8) is 0 Å². The maximum atomic E-state index is 10.8. The van der Waals surface area contributed by atoms with Crippen molar-refractivity contribution in [2.45, 2.75) is 52.5 Å². The summed E-state index contributed by atoms with van der Waals surface area (Å²) in [6.07, 6.45) is 5.58. The normalized spacial score (nSPS) is 15.8. The zero-order valence-electron chi connectivity index (χ0n) is 11.6. The van der Waals surface area contributed by atoms with Crippen molar-refractivity contribution in [3.8, 4) is 0 Å². The van der Waals surface area contributed by atoms with E-state index in [9.17, 15) is 8.42 Å². The topological polar surface area (TPSA) is 58.2 Å². The van der Waals surface area contributed by atoms with Gasteiger partial charge in [0, 0.05) is 12.6 Å². The Morgan fingerprint density at radius 1 is 1.12 bits per heavy atom. The molecule has 2 atom stereocenters. The number of hydrogen-bond donors (Lipinski definition) is 2. The van der Waals surface area contributed by atoms with Gasteiger partial charge in [-0.2, -0.15) is 0 Å². The van der Waals surface area contributed by atoms with Gasteiger partial charge in [0.05, 0.1) is 6.26 Å². The van der Waals surface area contributed by atoms with Crippen molar-refractivity contribution in [2.24, 2.45) is 5.92 Å². The Morgan fingerprint density at radius 3 is 2.24 bits per heavy atom. The molecule has 104 valence electrons. The summed E-state index contributed by atoms with van der Waals surface area (Å²) in [4.78, 5) is 0. The average molecular weight is 264 g/mol. The molecule has 0 aliphatic rings. The van der Waals surface area contributed by atoms with E-state index in [1.807, 2.05) is 0 Å². The number of hydrogen-bond acceptors (Lipinski definition) is 3. The zero-order chi connectivity index (χ0) is 13.3. The van der Waals surface area contributed by atoms with Crippen LogP contribution in [0, 0.1) is 5.92 Å². The Kier molecular flexibility index (Phi) is 8.82. The monoisotopic (exact) mass is 264 g/mol. The highest BCUT2D eigenvalue weighted by molar-refractivity contribution is 7.88. The van der Waals surface area contributed by atoms with Gasteiger partial charge in [-0.3, -0.25) is 0 Å². The smallest absolute Gasteiger partial charge is 0.208 e. The van der Waals surface area contributed by atoms with Gasteiger partial charge in [0.1, 0.15) is 0 Å². The third-order valence-corrected chi connectivity index (χ3v) is 3.76. The number of rotatable bonds is 10. The highest BCUT2D eigenvalue weighted by Crippen LogP contribution is 2.11. The minimum Gasteiger partial charge on any atom is -0.314 e.